The van der Waals surface area contributed by atoms with Crippen LogP contribution in [0.5, 0.6) is 0 Å². The summed E-state index contributed by atoms with van der Waals surface area (Å²) in [6.45, 7) is 4.51. The monoisotopic (exact) mass is 454 g/mol. The van der Waals surface area contributed by atoms with Gasteiger partial charge in [-0.2, -0.15) is 0 Å². The van der Waals surface area contributed by atoms with E-state index < -0.39 is 0 Å². The van der Waals surface area contributed by atoms with Crippen molar-refractivity contribution in [3.63, 3.8) is 0 Å². The van der Waals surface area contributed by atoms with E-state index in [1.54, 1.807) is 0 Å². The second-order valence-corrected chi connectivity index (χ2v) is 9.43. The van der Waals surface area contributed by atoms with E-state index in [0.29, 0.717) is 12.1 Å². The quantitative estimate of drug-likeness (QED) is 0.455. The third-order valence-corrected chi connectivity index (χ3v) is 6.90. The summed E-state index contributed by atoms with van der Waals surface area (Å²) in [5.41, 5.74) is 5.14. The molecule has 0 radical (unpaired) electrons. The molecule has 1 saturated carbocycles. The minimum Gasteiger partial charge on any atom is -0.349 e. The van der Waals surface area contributed by atoms with Crippen LogP contribution in [-0.2, 0) is 11.3 Å². The van der Waals surface area contributed by atoms with Crippen LogP contribution in [0.3, 0.4) is 0 Å². The molecule has 0 bridgehead atoms. The first-order valence-corrected chi connectivity index (χ1v) is 12.3. The molecule has 1 aliphatic carbocycles. The van der Waals surface area contributed by atoms with Gasteiger partial charge < -0.3 is 10.6 Å². The number of benzene rings is 3. The molecule has 0 unspecified atom stereocenters. The maximum Gasteiger partial charge on any atom is 0.251 e. The standard InChI is InChI=1S/C30H34N2O2/c1-21-9-8-12-26(19-21)29(33)31-20-23-15-17-25(18-16-23)27-13-6-7-14-28(27)30(34)32-22(2)24-10-4-3-5-11-24/h3-5,8-12,15-19,22,27-28H,6-7,13-14,20H2,1-2H3,(H,31,33)(H,32,34)/t22-,27+,28-/m0/s1. The predicted octanol–water partition coefficient (Wildman–Crippen LogP) is 6.08. The topological polar surface area (TPSA) is 58.2 Å². The first-order valence-electron chi connectivity index (χ1n) is 12.3. The van der Waals surface area contributed by atoms with Crippen LogP contribution in [0.4, 0.5) is 0 Å². The van der Waals surface area contributed by atoms with Crippen LogP contribution in [0.25, 0.3) is 0 Å². The molecule has 176 valence electrons. The van der Waals surface area contributed by atoms with Crippen molar-refractivity contribution in [2.45, 2.75) is 58.0 Å². The van der Waals surface area contributed by atoms with Crippen molar-refractivity contribution < 1.29 is 9.59 Å². The molecule has 2 amide bonds. The molecule has 4 heteroatoms. The highest BCUT2D eigenvalue weighted by atomic mass is 16.2. The van der Waals surface area contributed by atoms with Gasteiger partial charge in [0.15, 0.2) is 0 Å². The molecule has 0 aliphatic heterocycles. The third kappa shape index (κ3) is 5.93. The number of amides is 2. The molecular formula is C30H34N2O2. The maximum absolute atomic E-state index is 13.2. The Morgan fingerprint density at radius 2 is 1.65 bits per heavy atom. The van der Waals surface area contributed by atoms with Crippen molar-refractivity contribution >= 4 is 11.8 Å². The summed E-state index contributed by atoms with van der Waals surface area (Å²) in [4.78, 5) is 25.6. The van der Waals surface area contributed by atoms with Gasteiger partial charge in [0.05, 0.1) is 6.04 Å². The zero-order valence-corrected chi connectivity index (χ0v) is 20.1. The summed E-state index contributed by atoms with van der Waals surface area (Å²) < 4.78 is 0. The Labute approximate surface area is 202 Å². The summed E-state index contributed by atoms with van der Waals surface area (Å²) in [7, 11) is 0. The number of nitrogens with one attached hydrogen (secondary N) is 2. The number of hydrogen-bond acceptors (Lipinski definition) is 2. The van der Waals surface area contributed by atoms with Gasteiger partial charge in [0, 0.05) is 18.0 Å². The maximum atomic E-state index is 13.2. The van der Waals surface area contributed by atoms with Crippen molar-refractivity contribution in [3.8, 4) is 0 Å². The summed E-state index contributed by atoms with van der Waals surface area (Å²) in [5, 5.41) is 6.25. The van der Waals surface area contributed by atoms with E-state index in [9.17, 15) is 9.59 Å². The Hall–Kier alpha value is -3.40. The highest BCUT2D eigenvalue weighted by molar-refractivity contribution is 5.94. The lowest BCUT2D eigenvalue weighted by atomic mass is 9.75. The molecule has 3 aromatic carbocycles. The molecular weight excluding hydrogens is 420 g/mol. The van der Waals surface area contributed by atoms with E-state index >= 15 is 0 Å². The van der Waals surface area contributed by atoms with Crippen molar-refractivity contribution in [2.75, 3.05) is 0 Å². The number of carbonyl (C=O) groups is 2. The fourth-order valence-corrected chi connectivity index (χ4v) is 4.94. The van der Waals surface area contributed by atoms with Crippen LogP contribution >= 0.6 is 0 Å². The van der Waals surface area contributed by atoms with E-state index in [-0.39, 0.29) is 29.7 Å². The second-order valence-electron chi connectivity index (χ2n) is 9.43. The average Bonchev–Trinajstić information content (AvgIpc) is 2.88. The highest BCUT2D eigenvalue weighted by Gasteiger charge is 2.32. The van der Waals surface area contributed by atoms with Gasteiger partial charge in [0.25, 0.3) is 5.91 Å². The lowest BCUT2D eigenvalue weighted by molar-refractivity contribution is -0.127. The Bertz CT molecular complexity index is 1110. The lowest BCUT2D eigenvalue weighted by Gasteiger charge is -2.32. The van der Waals surface area contributed by atoms with E-state index in [0.717, 1.165) is 42.4 Å². The van der Waals surface area contributed by atoms with E-state index in [1.165, 1.54) is 5.56 Å². The van der Waals surface area contributed by atoms with E-state index in [4.69, 9.17) is 0 Å². The first-order chi connectivity index (χ1) is 16.5. The fraction of sp³-hybridized carbons (Fsp3) is 0.333. The van der Waals surface area contributed by atoms with Crippen LogP contribution < -0.4 is 10.6 Å². The molecule has 3 atom stereocenters. The van der Waals surface area contributed by atoms with Crippen LogP contribution in [-0.4, -0.2) is 11.8 Å². The molecule has 2 N–H and O–H groups in total. The highest BCUT2D eigenvalue weighted by Crippen LogP contribution is 2.38. The fourth-order valence-electron chi connectivity index (χ4n) is 4.94. The minimum absolute atomic E-state index is 0.00401. The van der Waals surface area contributed by atoms with Crippen molar-refractivity contribution in [3.05, 3.63) is 107 Å². The predicted molar refractivity (Wildman–Crippen MR) is 136 cm³/mol. The molecule has 3 aromatic rings. The van der Waals surface area contributed by atoms with Crippen LogP contribution in [0, 0.1) is 12.8 Å². The van der Waals surface area contributed by atoms with Gasteiger partial charge in [0.2, 0.25) is 5.91 Å². The molecule has 0 spiro atoms. The number of carbonyl (C=O) groups excluding carboxylic acids is 2. The van der Waals surface area contributed by atoms with Gasteiger partial charge in [0.1, 0.15) is 0 Å². The van der Waals surface area contributed by atoms with Crippen molar-refractivity contribution in [2.24, 2.45) is 5.92 Å². The molecule has 1 aliphatic rings. The van der Waals surface area contributed by atoms with Crippen LogP contribution in [0.2, 0.25) is 0 Å². The third-order valence-electron chi connectivity index (χ3n) is 6.90. The van der Waals surface area contributed by atoms with Gasteiger partial charge >= 0.3 is 0 Å². The average molecular weight is 455 g/mol. The van der Waals surface area contributed by atoms with Crippen LogP contribution in [0.15, 0.2) is 78.9 Å². The molecule has 0 saturated heterocycles. The first kappa shape index (κ1) is 23.7. The Morgan fingerprint density at radius 3 is 2.38 bits per heavy atom. The number of rotatable bonds is 7. The Balaban J connectivity index is 1.38. The van der Waals surface area contributed by atoms with Gasteiger partial charge in [-0.25, -0.2) is 0 Å². The minimum atomic E-state index is -0.0654. The molecule has 34 heavy (non-hydrogen) atoms. The molecule has 1 fully saturated rings. The summed E-state index contributed by atoms with van der Waals surface area (Å²) in [6.07, 6.45) is 4.20. The molecule has 4 rings (SSSR count). The largest absolute Gasteiger partial charge is 0.349 e. The molecule has 4 nitrogen and oxygen atoms in total. The smallest absolute Gasteiger partial charge is 0.251 e. The van der Waals surface area contributed by atoms with E-state index in [1.807, 2.05) is 56.3 Å². The molecule has 0 heterocycles. The Kier molecular flexibility index (Phi) is 7.79. The number of aryl methyl sites for hydroxylation is 1. The van der Waals surface area contributed by atoms with Crippen molar-refractivity contribution in [1.82, 2.24) is 10.6 Å². The lowest BCUT2D eigenvalue weighted by Crippen LogP contribution is -2.37. The van der Waals surface area contributed by atoms with Gasteiger partial charge in [-0.15, -0.1) is 0 Å². The zero-order chi connectivity index (χ0) is 23.9. The summed E-state index contributed by atoms with van der Waals surface area (Å²) >= 11 is 0. The Morgan fingerprint density at radius 1 is 0.912 bits per heavy atom. The number of hydrogen-bond donors (Lipinski definition) is 2. The van der Waals surface area contributed by atoms with Gasteiger partial charge in [-0.3, -0.25) is 9.59 Å². The zero-order valence-electron chi connectivity index (χ0n) is 20.1. The van der Waals surface area contributed by atoms with Crippen molar-refractivity contribution in [1.29, 1.82) is 0 Å². The summed E-state index contributed by atoms with van der Waals surface area (Å²) in [6, 6.07) is 26.1. The summed E-state index contributed by atoms with van der Waals surface area (Å²) in [5.74, 6) is 0.305. The van der Waals surface area contributed by atoms with Gasteiger partial charge in [-0.1, -0.05) is 85.1 Å². The normalized spacial score (nSPS) is 18.6. The molecule has 0 aromatic heterocycles. The second kappa shape index (κ2) is 11.1. The SMILES string of the molecule is Cc1cccc(C(=O)NCc2ccc([C@H]3CCCC[C@@H]3C(=O)N[C@@H](C)c3ccccc3)cc2)c1. The van der Waals surface area contributed by atoms with E-state index in [2.05, 4.69) is 47.0 Å². The van der Waals surface area contributed by atoms with Crippen LogP contribution in [0.1, 0.15) is 77.2 Å². The van der Waals surface area contributed by atoms with Gasteiger partial charge in [-0.05, 0) is 61.4 Å².